The molecule has 34 heavy (non-hydrogen) atoms. The number of nitrogens with one attached hydrogen (secondary N) is 1. The summed E-state index contributed by atoms with van der Waals surface area (Å²) in [5.41, 5.74) is 2.44. The van der Waals surface area contributed by atoms with Crippen molar-refractivity contribution < 1.29 is 22.7 Å². The number of hydrogen-bond acceptors (Lipinski definition) is 6. The molecule has 1 atom stereocenters. The van der Waals surface area contributed by atoms with Crippen molar-refractivity contribution in [1.29, 1.82) is 0 Å². The lowest BCUT2D eigenvalue weighted by Gasteiger charge is -2.37. The Morgan fingerprint density at radius 2 is 1.88 bits per heavy atom. The number of pyridine rings is 1. The van der Waals surface area contributed by atoms with E-state index in [4.69, 9.17) is 9.47 Å². The van der Waals surface area contributed by atoms with Crippen LogP contribution in [0.3, 0.4) is 0 Å². The van der Waals surface area contributed by atoms with Crippen LogP contribution in [0.5, 0.6) is 11.5 Å². The van der Waals surface area contributed by atoms with Gasteiger partial charge in [0.05, 0.1) is 18.2 Å². The summed E-state index contributed by atoms with van der Waals surface area (Å²) in [6.07, 6.45) is 5.93. The molecule has 1 unspecified atom stereocenters. The molecule has 0 amide bonds. The second-order valence-electron chi connectivity index (χ2n) is 8.84. The number of ether oxygens (including phenoxy) is 2. The van der Waals surface area contributed by atoms with Crippen molar-refractivity contribution in [3.05, 3.63) is 77.6 Å². The van der Waals surface area contributed by atoms with Crippen molar-refractivity contribution >= 4 is 21.5 Å². The number of hydrogen-bond donors (Lipinski definition) is 1. The minimum atomic E-state index is -3.94. The number of nitrogens with zero attached hydrogens (tertiary/aromatic N) is 1. The second-order valence-corrected chi connectivity index (χ2v) is 10.5. The number of anilines is 1. The average Bonchev–Trinajstić information content (AvgIpc) is 3.11. The molecule has 8 heteroatoms. The summed E-state index contributed by atoms with van der Waals surface area (Å²) >= 11 is 0. The maximum Gasteiger partial charge on any atom is 0.265 e. The van der Waals surface area contributed by atoms with Crippen LogP contribution in [0.2, 0.25) is 0 Å². The van der Waals surface area contributed by atoms with Gasteiger partial charge in [0.15, 0.2) is 0 Å². The van der Waals surface area contributed by atoms with Gasteiger partial charge >= 0.3 is 0 Å². The fourth-order valence-electron chi connectivity index (χ4n) is 4.90. The maximum absolute atomic E-state index is 13.2. The molecule has 1 aromatic heterocycles. The predicted octanol–water partition coefficient (Wildman–Crippen LogP) is 4.58. The molecule has 1 heterocycles. The number of rotatable bonds is 7. The summed E-state index contributed by atoms with van der Waals surface area (Å²) in [6, 6.07) is 13.7. The third-order valence-electron chi connectivity index (χ3n) is 6.87. The minimum Gasteiger partial charge on any atom is -0.495 e. The first-order chi connectivity index (χ1) is 16.3. The standard InChI is InChI=1S/C26H26N2O5S/c1-17(18-7-5-12-27-16-18)33-23-14-19(13-21-20(23)15-25(29)26(21)10-6-11-26)28-34(30,31)24-9-4-3-8-22(24)32-2/h3-5,7-9,12-14,16-17,28H,6,10-11,15H2,1-2H3. The van der Waals surface area contributed by atoms with Gasteiger partial charge in [-0.25, -0.2) is 8.42 Å². The van der Waals surface area contributed by atoms with E-state index in [1.807, 2.05) is 19.1 Å². The number of Topliss-reactive ketones (excluding diaryl/α,β-unsaturated/α-hetero) is 1. The number of fused-ring (bicyclic) bond motifs is 2. The van der Waals surface area contributed by atoms with E-state index in [1.165, 1.54) is 13.2 Å². The van der Waals surface area contributed by atoms with Gasteiger partial charge in [-0.2, -0.15) is 0 Å². The molecule has 1 N–H and O–H groups in total. The first-order valence-electron chi connectivity index (χ1n) is 11.3. The van der Waals surface area contributed by atoms with Gasteiger partial charge in [0.2, 0.25) is 0 Å². The molecule has 1 fully saturated rings. The molecule has 176 valence electrons. The Kier molecular flexibility index (Phi) is 5.56. The molecule has 2 aliphatic rings. The molecule has 2 aromatic carbocycles. The van der Waals surface area contributed by atoms with Gasteiger partial charge in [0.25, 0.3) is 10.0 Å². The van der Waals surface area contributed by atoms with Crippen molar-refractivity contribution in [3.63, 3.8) is 0 Å². The predicted molar refractivity (Wildman–Crippen MR) is 128 cm³/mol. The third-order valence-corrected chi connectivity index (χ3v) is 8.29. The molecule has 0 saturated heterocycles. The number of aromatic nitrogens is 1. The molecule has 1 saturated carbocycles. The van der Waals surface area contributed by atoms with Crippen LogP contribution < -0.4 is 14.2 Å². The fraction of sp³-hybridized carbons (Fsp3) is 0.308. The van der Waals surface area contributed by atoms with Crippen LogP contribution in [0.15, 0.2) is 65.8 Å². The molecule has 0 radical (unpaired) electrons. The Balaban J connectivity index is 1.56. The lowest BCUT2D eigenvalue weighted by Crippen LogP contribution is -2.39. The van der Waals surface area contributed by atoms with Gasteiger partial charge in [-0.15, -0.1) is 0 Å². The highest BCUT2D eigenvalue weighted by molar-refractivity contribution is 7.92. The normalized spacial score (nSPS) is 17.1. The first-order valence-corrected chi connectivity index (χ1v) is 12.8. The van der Waals surface area contributed by atoms with Crippen LogP contribution in [0.25, 0.3) is 0 Å². The van der Waals surface area contributed by atoms with Crippen LogP contribution in [0.1, 0.15) is 49.0 Å². The summed E-state index contributed by atoms with van der Waals surface area (Å²) < 4.78 is 40.7. The topological polar surface area (TPSA) is 94.6 Å². The quantitative estimate of drug-likeness (QED) is 0.534. The van der Waals surface area contributed by atoms with E-state index in [1.54, 1.807) is 42.7 Å². The van der Waals surface area contributed by atoms with Crippen molar-refractivity contribution in [2.24, 2.45) is 0 Å². The largest absolute Gasteiger partial charge is 0.495 e. The maximum atomic E-state index is 13.2. The number of sulfonamides is 1. The monoisotopic (exact) mass is 478 g/mol. The molecule has 0 bridgehead atoms. The number of benzene rings is 2. The molecule has 0 aliphatic heterocycles. The van der Waals surface area contributed by atoms with Crippen LogP contribution in [-0.4, -0.2) is 26.3 Å². The van der Waals surface area contributed by atoms with Crippen LogP contribution in [0.4, 0.5) is 5.69 Å². The summed E-state index contributed by atoms with van der Waals surface area (Å²) in [6.45, 7) is 1.91. The van der Waals surface area contributed by atoms with E-state index < -0.39 is 15.4 Å². The number of carbonyl (C=O) groups is 1. The van der Waals surface area contributed by atoms with Crippen molar-refractivity contribution in [3.8, 4) is 11.5 Å². The molecule has 7 nitrogen and oxygen atoms in total. The fourth-order valence-corrected chi connectivity index (χ4v) is 6.12. The Morgan fingerprint density at radius 1 is 1.09 bits per heavy atom. The van der Waals surface area contributed by atoms with Gasteiger partial charge in [0, 0.05) is 36.0 Å². The van der Waals surface area contributed by atoms with Crippen molar-refractivity contribution in [2.45, 2.75) is 49.0 Å². The van der Waals surface area contributed by atoms with Crippen LogP contribution in [-0.2, 0) is 26.7 Å². The van der Waals surface area contributed by atoms with E-state index >= 15 is 0 Å². The SMILES string of the molecule is COc1ccccc1S(=O)(=O)Nc1cc(OC(C)c2cccnc2)c2c(c1)C1(CCC1)C(=O)C2. The second kappa shape index (κ2) is 8.43. The molecule has 2 aliphatic carbocycles. The van der Waals surface area contributed by atoms with Crippen LogP contribution >= 0.6 is 0 Å². The zero-order chi connectivity index (χ0) is 23.9. The Morgan fingerprint density at radius 3 is 2.56 bits per heavy atom. The number of carbonyl (C=O) groups excluding carboxylic acids is 1. The molecule has 5 rings (SSSR count). The Bertz CT molecular complexity index is 1350. The van der Waals surface area contributed by atoms with Crippen molar-refractivity contribution in [2.75, 3.05) is 11.8 Å². The lowest BCUT2D eigenvalue weighted by molar-refractivity contribution is -0.125. The summed E-state index contributed by atoms with van der Waals surface area (Å²) in [5, 5.41) is 0. The first kappa shape index (κ1) is 22.4. The van der Waals surface area contributed by atoms with Gasteiger partial charge in [-0.3, -0.25) is 14.5 Å². The summed E-state index contributed by atoms with van der Waals surface area (Å²) in [5.74, 6) is 0.949. The van der Waals surface area contributed by atoms with E-state index in [0.717, 1.165) is 36.0 Å². The van der Waals surface area contributed by atoms with Gasteiger partial charge < -0.3 is 9.47 Å². The van der Waals surface area contributed by atoms with Gasteiger partial charge in [-0.05, 0) is 49.6 Å². The van der Waals surface area contributed by atoms with Crippen LogP contribution in [0, 0.1) is 0 Å². The average molecular weight is 479 g/mol. The molecule has 1 spiro atoms. The van der Waals surface area contributed by atoms with E-state index in [-0.39, 0.29) is 22.5 Å². The zero-order valence-electron chi connectivity index (χ0n) is 19.1. The Labute approximate surface area is 199 Å². The Hall–Kier alpha value is -3.39. The van der Waals surface area contributed by atoms with E-state index in [9.17, 15) is 13.2 Å². The van der Waals surface area contributed by atoms with Gasteiger partial charge in [0.1, 0.15) is 28.3 Å². The third kappa shape index (κ3) is 3.72. The van der Waals surface area contributed by atoms with E-state index in [2.05, 4.69) is 9.71 Å². The summed E-state index contributed by atoms with van der Waals surface area (Å²) in [4.78, 5) is 17.2. The molecule has 3 aromatic rings. The van der Waals surface area contributed by atoms with E-state index in [0.29, 0.717) is 17.9 Å². The highest BCUT2D eigenvalue weighted by atomic mass is 32.2. The van der Waals surface area contributed by atoms with Gasteiger partial charge in [-0.1, -0.05) is 24.6 Å². The summed E-state index contributed by atoms with van der Waals surface area (Å²) in [7, 11) is -2.50. The molecular formula is C26H26N2O5S. The minimum absolute atomic E-state index is 0.0404. The van der Waals surface area contributed by atoms with Crippen molar-refractivity contribution in [1.82, 2.24) is 4.98 Å². The highest BCUT2D eigenvalue weighted by Gasteiger charge is 2.51. The molecular weight excluding hydrogens is 452 g/mol. The number of methoxy groups -OCH3 is 1. The smallest absolute Gasteiger partial charge is 0.265 e. The highest BCUT2D eigenvalue weighted by Crippen LogP contribution is 2.53. The number of para-hydroxylation sites is 1. The lowest BCUT2D eigenvalue weighted by atomic mass is 9.64. The number of ketones is 1. The zero-order valence-corrected chi connectivity index (χ0v) is 19.9.